The van der Waals surface area contributed by atoms with E-state index in [0.29, 0.717) is 5.70 Å². The molecule has 0 saturated heterocycles. The van der Waals surface area contributed by atoms with E-state index in [-0.39, 0.29) is 12.2 Å². The molecule has 0 atom stereocenters. The first-order chi connectivity index (χ1) is 7.18. The highest BCUT2D eigenvalue weighted by Gasteiger charge is 2.19. The molecule has 0 spiro atoms. The summed E-state index contributed by atoms with van der Waals surface area (Å²) in [6, 6.07) is 7.42. The number of aliphatic hydroxyl groups is 1. The van der Waals surface area contributed by atoms with Crippen LogP contribution in [0.3, 0.4) is 0 Å². The lowest BCUT2D eigenvalue weighted by Gasteiger charge is -2.19. The van der Waals surface area contributed by atoms with E-state index in [1.54, 1.807) is 6.07 Å². The van der Waals surface area contributed by atoms with E-state index in [0.717, 1.165) is 10.5 Å². The van der Waals surface area contributed by atoms with Crippen LogP contribution in [0.25, 0.3) is 5.76 Å². The Hall–Kier alpha value is -1.62. The molecule has 15 heavy (non-hydrogen) atoms. The molecule has 1 aromatic carbocycles. The summed E-state index contributed by atoms with van der Waals surface area (Å²) in [5.41, 5.74) is 6.27. The maximum Gasteiger partial charge on any atom is 0.223 e. The fourth-order valence-corrected chi connectivity index (χ4v) is 2.20. The second kappa shape index (κ2) is 3.86. The van der Waals surface area contributed by atoms with Crippen LogP contribution in [0.5, 0.6) is 0 Å². The van der Waals surface area contributed by atoms with Crippen LogP contribution in [-0.2, 0) is 4.79 Å². The van der Waals surface area contributed by atoms with Crippen molar-refractivity contribution in [1.29, 1.82) is 0 Å². The zero-order valence-electron chi connectivity index (χ0n) is 7.86. The summed E-state index contributed by atoms with van der Waals surface area (Å²) in [6.45, 7) is 0. The van der Waals surface area contributed by atoms with Gasteiger partial charge in [-0.3, -0.25) is 4.79 Å². The average Bonchev–Trinajstić information content (AvgIpc) is 2.22. The van der Waals surface area contributed by atoms with Crippen molar-refractivity contribution in [2.24, 2.45) is 5.73 Å². The molecule has 1 aliphatic rings. The minimum Gasteiger partial charge on any atom is -0.505 e. The van der Waals surface area contributed by atoms with Crippen LogP contribution in [0.4, 0.5) is 0 Å². The molecule has 1 aliphatic heterocycles. The van der Waals surface area contributed by atoms with Crippen molar-refractivity contribution < 1.29 is 9.90 Å². The van der Waals surface area contributed by atoms with E-state index in [1.807, 2.05) is 18.2 Å². The van der Waals surface area contributed by atoms with Crippen molar-refractivity contribution in [1.82, 2.24) is 4.72 Å². The largest absolute Gasteiger partial charge is 0.505 e. The molecule has 78 valence electrons. The highest BCUT2D eigenvalue weighted by atomic mass is 32.2. The Bertz CT molecular complexity index is 443. The third-order valence-corrected chi connectivity index (χ3v) is 2.99. The van der Waals surface area contributed by atoms with E-state index in [9.17, 15) is 9.90 Å². The lowest BCUT2D eigenvalue weighted by molar-refractivity contribution is -0.117. The second-order valence-electron chi connectivity index (χ2n) is 3.17. The first-order valence-electron chi connectivity index (χ1n) is 4.41. The number of rotatable bonds is 2. The van der Waals surface area contributed by atoms with Gasteiger partial charge in [0, 0.05) is 10.5 Å². The van der Waals surface area contributed by atoms with Crippen LogP contribution in [0.15, 0.2) is 34.9 Å². The number of fused-ring (bicyclic) bond motifs is 1. The average molecular weight is 222 g/mol. The fraction of sp³-hybridized carbons (Fsp3) is 0.100. The van der Waals surface area contributed by atoms with Gasteiger partial charge in [-0.2, -0.15) is 0 Å². The highest BCUT2D eigenvalue weighted by molar-refractivity contribution is 7.97. The van der Waals surface area contributed by atoms with Crippen molar-refractivity contribution in [2.45, 2.75) is 11.3 Å². The third kappa shape index (κ3) is 1.92. The molecule has 0 saturated carbocycles. The van der Waals surface area contributed by atoms with Crippen molar-refractivity contribution in [3.63, 3.8) is 0 Å². The van der Waals surface area contributed by atoms with Crippen LogP contribution in [0.1, 0.15) is 12.0 Å². The predicted octanol–water partition coefficient (Wildman–Crippen LogP) is 1.40. The van der Waals surface area contributed by atoms with Gasteiger partial charge in [-0.25, -0.2) is 0 Å². The van der Waals surface area contributed by atoms with Crippen molar-refractivity contribution in [3.8, 4) is 0 Å². The number of nitrogens with one attached hydrogen (secondary N) is 1. The van der Waals surface area contributed by atoms with Crippen molar-refractivity contribution >= 4 is 23.6 Å². The molecule has 0 unspecified atom stereocenters. The number of carbonyl (C=O) groups excluding carboxylic acids is 1. The summed E-state index contributed by atoms with van der Waals surface area (Å²) in [4.78, 5) is 11.7. The molecule has 4 N–H and O–H groups in total. The topological polar surface area (TPSA) is 75.4 Å². The van der Waals surface area contributed by atoms with Gasteiger partial charge < -0.3 is 15.6 Å². The number of primary amides is 1. The maximum absolute atomic E-state index is 10.8. The van der Waals surface area contributed by atoms with Gasteiger partial charge in [-0.05, 0) is 24.1 Å². The highest BCUT2D eigenvalue weighted by Crippen LogP contribution is 2.32. The Kier molecular flexibility index (Phi) is 2.55. The molecule has 2 rings (SSSR count). The van der Waals surface area contributed by atoms with Gasteiger partial charge in [0.15, 0.2) is 0 Å². The molecule has 0 radical (unpaired) electrons. The van der Waals surface area contributed by atoms with Gasteiger partial charge in [0.25, 0.3) is 0 Å². The first kappa shape index (κ1) is 9.92. The summed E-state index contributed by atoms with van der Waals surface area (Å²) in [5, 5.41) is 9.87. The van der Waals surface area contributed by atoms with E-state index in [1.165, 1.54) is 11.9 Å². The monoisotopic (exact) mass is 222 g/mol. The molecule has 5 heteroatoms. The Balaban J connectivity index is 2.40. The third-order valence-electron chi connectivity index (χ3n) is 2.06. The molecule has 0 aromatic heterocycles. The van der Waals surface area contributed by atoms with Crippen LogP contribution in [0.2, 0.25) is 0 Å². The van der Waals surface area contributed by atoms with Crippen molar-refractivity contribution in [3.05, 3.63) is 35.5 Å². The molecular weight excluding hydrogens is 212 g/mol. The zero-order chi connectivity index (χ0) is 10.8. The van der Waals surface area contributed by atoms with E-state index < -0.39 is 5.91 Å². The number of aliphatic hydroxyl groups excluding tert-OH is 1. The minimum atomic E-state index is -0.468. The van der Waals surface area contributed by atoms with Gasteiger partial charge >= 0.3 is 0 Å². The Morgan fingerprint density at radius 2 is 2.20 bits per heavy atom. The lowest BCUT2D eigenvalue weighted by Crippen LogP contribution is -2.20. The first-order valence-corrected chi connectivity index (χ1v) is 5.23. The maximum atomic E-state index is 10.8. The number of benzene rings is 1. The minimum absolute atomic E-state index is 0.0210. The summed E-state index contributed by atoms with van der Waals surface area (Å²) in [7, 11) is 0. The number of hydrogen-bond donors (Lipinski definition) is 3. The number of amides is 1. The molecule has 0 bridgehead atoms. The van der Waals surface area contributed by atoms with Crippen LogP contribution in [-0.4, -0.2) is 11.0 Å². The number of hydrogen-bond acceptors (Lipinski definition) is 4. The van der Waals surface area contributed by atoms with Crippen LogP contribution >= 0.6 is 11.9 Å². The Morgan fingerprint density at radius 1 is 1.47 bits per heavy atom. The van der Waals surface area contributed by atoms with Gasteiger partial charge in [0.05, 0.1) is 12.1 Å². The fourth-order valence-electron chi connectivity index (χ4n) is 1.37. The van der Waals surface area contributed by atoms with E-state index in [4.69, 9.17) is 5.73 Å². The molecule has 1 heterocycles. The van der Waals surface area contributed by atoms with Gasteiger partial charge in [0.2, 0.25) is 5.91 Å². The number of carbonyl (C=O) groups is 1. The molecule has 0 aliphatic carbocycles. The predicted molar refractivity (Wildman–Crippen MR) is 58.8 cm³/mol. The Morgan fingerprint density at radius 3 is 2.93 bits per heavy atom. The standard InChI is InChI=1S/C10H10N2O2S/c11-9(13)5-7-10(14)6-3-1-2-4-8(6)15-12-7/h1-4,12,14H,5H2,(H2,11,13). The van der Waals surface area contributed by atoms with Gasteiger partial charge in [-0.15, -0.1) is 0 Å². The zero-order valence-corrected chi connectivity index (χ0v) is 8.67. The molecule has 1 amide bonds. The SMILES string of the molecule is NC(=O)CC1=C(O)c2ccccc2SN1. The summed E-state index contributed by atoms with van der Waals surface area (Å²) >= 11 is 1.37. The molecular formula is C10H10N2O2S. The van der Waals surface area contributed by atoms with Crippen LogP contribution < -0.4 is 10.5 Å². The summed E-state index contributed by atoms with van der Waals surface area (Å²) < 4.78 is 2.90. The van der Waals surface area contributed by atoms with Gasteiger partial charge in [0.1, 0.15) is 5.76 Å². The lowest BCUT2D eigenvalue weighted by atomic mass is 10.1. The summed E-state index contributed by atoms with van der Waals surface area (Å²) in [6.07, 6.45) is 0.0210. The van der Waals surface area contributed by atoms with E-state index >= 15 is 0 Å². The molecule has 4 nitrogen and oxygen atoms in total. The molecule has 0 fully saturated rings. The van der Waals surface area contributed by atoms with Gasteiger partial charge in [-0.1, -0.05) is 12.1 Å². The normalized spacial score (nSPS) is 14.4. The van der Waals surface area contributed by atoms with E-state index in [2.05, 4.69) is 4.72 Å². The second-order valence-corrected chi connectivity index (χ2v) is 4.02. The smallest absolute Gasteiger partial charge is 0.223 e. The quantitative estimate of drug-likeness (QED) is 0.661. The number of nitrogens with two attached hydrogens (primary N) is 1. The molecule has 1 aromatic rings. The van der Waals surface area contributed by atoms with Crippen LogP contribution in [0, 0.1) is 0 Å². The Labute approximate surface area is 91.3 Å². The summed E-state index contributed by atoms with van der Waals surface area (Å²) in [5.74, 6) is -0.368. The van der Waals surface area contributed by atoms with Crippen molar-refractivity contribution in [2.75, 3.05) is 0 Å².